The molecule has 0 amide bonds. The van der Waals surface area contributed by atoms with Gasteiger partial charge in [0.15, 0.2) is 0 Å². The van der Waals surface area contributed by atoms with Crippen molar-refractivity contribution in [3.63, 3.8) is 0 Å². The highest BCUT2D eigenvalue weighted by Crippen LogP contribution is 2.30. The molecule has 0 aliphatic heterocycles. The van der Waals surface area contributed by atoms with Gasteiger partial charge in [-0.15, -0.1) is 0 Å². The smallest absolute Gasteiger partial charge is 0.236 e. The first-order valence-corrected chi connectivity index (χ1v) is 6.70. The van der Waals surface area contributed by atoms with Crippen LogP contribution in [0, 0.1) is 0 Å². The van der Waals surface area contributed by atoms with E-state index in [9.17, 15) is 8.42 Å². The molecule has 1 aromatic heterocycles. The summed E-state index contributed by atoms with van der Waals surface area (Å²) < 4.78 is 27.4. The summed E-state index contributed by atoms with van der Waals surface area (Å²) in [6.07, 6.45) is 2.86. The number of thiocarbonyl (C=S) groups is 1. The minimum absolute atomic E-state index is 0.126. The normalized spacial score (nSPS) is 16.1. The standard InChI is InChI=1S/C8H12N4O2S2/c1-12-8(6(4-10-12)7(9)15)11-16(13,14)5-2-3-5/h4-5,11H,2-3H2,1H3,(H2,9,15). The van der Waals surface area contributed by atoms with Gasteiger partial charge in [-0.3, -0.25) is 9.40 Å². The Morgan fingerprint density at radius 1 is 1.69 bits per heavy atom. The number of rotatable bonds is 4. The monoisotopic (exact) mass is 260 g/mol. The lowest BCUT2D eigenvalue weighted by Gasteiger charge is -2.08. The highest BCUT2D eigenvalue weighted by atomic mass is 32.2. The van der Waals surface area contributed by atoms with Gasteiger partial charge in [0.2, 0.25) is 10.0 Å². The molecule has 16 heavy (non-hydrogen) atoms. The van der Waals surface area contributed by atoms with E-state index in [1.54, 1.807) is 7.05 Å². The Morgan fingerprint density at radius 3 is 2.81 bits per heavy atom. The van der Waals surface area contributed by atoms with Crippen molar-refractivity contribution in [1.82, 2.24) is 9.78 Å². The van der Waals surface area contributed by atoms with Crippen molar-refractivity contribution in [1.29, 1.82) is 0 Å². The van der Waals surface area contributed by atoms with Gasteiger partial charge in [-0.1, -0.05) is 12.2 Å². The molecule has 3 N–H and O–H groups in total. The first-order valence-electron chi connectivity index (χ1n) is 4.75. The highest BCUT2D eigenvalue weighted by Gasteiger charge is 2.36. The molecule has 1 heterocycles. The number of nitrogens with zero attached hydrogens (tertiary/aromatic N) is 2. The predicted octanol–water partition coefficient (Wildman–Crippen LogP) is -0.0416. The van der Waals surface area contributed by atoms with E-state index in [-0.39, 0.29) is 10.2 Å². The third kappa shape index (κ3) is 2.03. The minimum Gasteiger partial charge on any atom is -0.389 e. The van der Waals surface area contributed by atoms with Crippen LogP contribution in [-0.2, 0) is 17.1 Å². The number of aryl methyl sites for hydroxylation is 1. The number of hydrogen-bond donors (Lipinski definition) is 2. The molecule has 0 radical (unpaired) electrons. The first kappa shape index (κ1) is 11.3. The fraction of sp³-hybridized carbons (Fsp3) is 0.500. The topological polar surface area (TPSA) is 90.0 Å². The van der Waals surface area contributed by atoms with Crippen molar-refractivity contribution in [2.24, 2.45) is 12.8 Å². The van der Waals surface area contributed by atoms with Gasteiger partial charge in [0.1, 0.15) is 10.8 Å². The van der Waals surface area contributed by atoms with Gasteiger partial charge in [0, 0.05) is 7.05 Å². The van der Waals surface area contributed by atoms with Crippen molar-refractivity contribution < 1.29 is 8.42 Å². The Morgan fingerprint density at radius 2 is 2.31 bits per heavy atom. The Hall–Kier alpha value is -1.15. The zero-order chi connectivity index (χ0) is 11.9. The van der Waals surface area contributed by atoms with Crippen LogP contribution in [0.15, 0.2) is 6.20 Å². The molecular weight excluding hydrogens is 248 g/mol. The third-order valence-corrected chi connectivity index (χ3v) is 4.45. The summed E-state index contributed by atoms with van der Waals surface area (Å²) in [4.78, 5) is 0.126. The van der Waals surface area contributed by atoms with Crippen LogP contribution >= 0.6 is 12.2 Å². The molecule has 1 saturated carbocycles. The lowest BCUT2D eigenvalue weighted by atomic mass is 10.3. The number of sulfonamides is 1. The van der Waals surface area contributed by atoms with Crippen LogP contribution in [0.4, 0.5) is 5.82 Å². The quantitative estimate of drug-likeness (QED) is 0.741. The Bertz CT molecular complexity index is 530. The van der Waals surface area contributed by atoms with E-state index in [4.69, 9.17) is 18.0 Å². The second-order valence-electron chi connectivity index (χ2n) is 3.74. The summed E-state index contributed by atoms with van der Waals surface area (Å²) >= 11 is 4.82. The van der Waals surface area contributed by atoms with Crippen molar-refractivity contribution in [2.75, 3.05) is 4.72 Å². The van der Waals surface area contributed by atoms with Crippen molar-refractivity contribution in [3.05, 3.63) is 11.8 Å². The molecule has 8 heteroatoms. The van der Waals surface area contributed by atoms with E-state index in [0.717, 1.165) is 0 Å². The summed E-state index contributed by atoms with van der Waals surface area (Å²) in [5, 5.41) is 3.63. The zero-order valence-electron chi connectivity index (χ0n) is 8.67. The highest BCUT2D eigenvalue weighted by molar-refractivity contribution is 7.93. The number of hydrogen-bond acceptors (Lipinski definition) is 4. The molecule has 0 atom stereocenters. The number of nitrogens with two attached hydrogens (primary N) is 1. The maximum Gasteiger partial charge on any atom is 0.236 e. The molecule has 88 valence electrons. The second-order valence-corrected chi connectivity index (χ2v) is 6.14. The van der Waals surface area contributed by atoms with E-state index in [0.29, 0.717) is 24.2 Å². The van der Waals surface area contributed by atoms with Crippen molar-refractivity contribution >= 4 is 33.0 Å². The lowest BCUT2D eigenvalue weighted by molar-refractivity contribution is 0.599. The fourth-order valence-electron chi connectivity index (χ4n) is 1.34. The van der Waals surface area contributed by atoms with Gasteiger partial charge in [-0.05, 0) is 12.8 Å². The molecule has 0 saturated heterocycles. The van der Waals surface area contributed by atoms with Crippen molar-refractivity contribution in [2.45, 2.75) is 18.1 Å². The summed E-state index contributed by atoms with van der Waals surface area (Å²) in [5.74, 6) is 0.333. The average Bonchev–Trinajstić information content (AvgIpc) is 2.94. The van der Waals surface area contributed by atoms with Crippen LogP contribution in [0.3, 0.4) is 0 Å². The van der Waals surface area contributed by atoms with E-state index in [2.05, 4.69) is 9.82 Å². The largest absolute Gasteiger partial charge is 0.389 e. The van der Waals surface area contributed by atoms with Gasteiger partial charge in [0.05, 0.1) is 17.0 Å². The molecule has 0 unspecified atom stereocenters. The molecule has 2 rings (SSSR count). The van der Waals surface area contributed by atoms with E-state index >= 15 is 0 Å². The Balaban J connectivity index is 2.33. The molecule has 1 aromatic rings. The predicted molar refractivity (Wildman–Crippen MR) is 64.7 cm³/mol. The Kier molecular flexibility index (Phi) is 2.62. The van der Waals surface area contributed by atoms with E-state index in [1.165, 1.54) is 10.9 Å². The zero-order valence-corrected chi connectivity index (χ0v) is 10.3. The molecule has 1 fully saturated rings. The number of aromatic nitrogens is 2. The Labute approximate surface area is 98.9 Å². The second kappa shape index (κ2) is 3.70. The third-order valence-electron chi connectivity index (χ3n) is 2.41. The SMILES string of the molecule is Cn1ncc(C(N)=S)c1NS(=O)(=O)C1CC1. The van der Waals surface area contributed by atoms with E-state index in [1.807, 2.05) is 0 Å². The van der Waals surface area contributed by atoms with Crippen LogP contribution in [0.1, 0.15) is 18.4 Å². The minimum atomic E-state index is -3.31. The van der Waals surface area contributed by atoms with Gasteiger partial charge in [-0.25, -0.2) is 8.42 Å². The molecule has 1 aliphatic carbocycles. The number of nitrogens with one attached hydrogen (secondary N) is 1. The van der Waals surface area contributed by atoms with Crippen LogP contribution in [0.25, 0.3) is 0 Å². The maximum absolute atomic E-state index is 11.8. The van der Waals surface area contributed by atoms with Gasteiger partial charge < -0.3 is 5.73 Å². The first-order chi connectivity index (χ1) is 7.42. The van der Waals surface area contributed by atoms with Crippen molar-refractivity contribution in [3.8, 4) is 0 Å². The summed E-state index contributed by atoms with van der Waals surface area (Å²) in [7, 11) is -1.68. The lowest BCUT2D eigenvalue weighted by Crippen LogP contribution is -2.22. The van der Waals surface area contributed by atoms with Gasteiger partial charge >= 0.3 is 0 Å². The molecule has 0 aromatic carbocycles. The maximum atomic E-state index is 11.8. The van der Waals surface area contributed by atoms with Crippen LogP contribution in [0.5, 0.6) is 0 Å². The van der Waals surface area contributed by atoms with E-state index < -0.39 is 10.0 Å². The van der Waals surface area contributed by atoms with Crippen LogP contribution in [-0.4, -0.2) is 28.4 Å². The van der Waals surface area contributed by atoms with Gasteiger partial charge in [0.25, 0.3) is 0 Å². The summed E-state index contributed by atoms with van der Waals surface area (Å²) in [5.41, 5.74) is 5.93. The summed E-state index contributed by atoms with van der Waals surface area (Å²) in [6, 6.07) is 0. The molecule has 6 nitrogen and oxygen atoms in total. The number of anilines is 1. The summed E-state index contributed by atoms with van der Waals surface area (Å²) in [6.45, 7) is 0. The molecule has 0 spiro atoms. The van der Waals surface area contributed by atoms with Crippen LogP contribution in [0.2, 0.25) is 0 Å². The molecule has 1 aliphatic rings. The average molecular weight is 260 g/mol. The molecular formula is C8H12N4O2S2. The van der Waals surface area contributed by atoms with Gasteiger partial charge in [-0.2, -0.15) is 5.10 Å². The van der Waals surface area contributed by atoms with Crippen LogP contribution < -0.4 is 10.5 Å². The fourth-order valence-corrected chi connectivity index (χ4v) is 2.92. The molecule has 0 bridgehead atoms.